The molecular weight excluding hydrogens is 1460 g/mol. The van der Waals surface area contributed by atoms with E-state index in [1.807, 2.05) is 58.9 Å². The first-order valence-electron chi connectivity index (χ1n) is 31.7. The SMILES string of the molecule is CCNc1cc2oc3cc(=[NH+]CC)c(C)cc-3c(-c3cc(C(=O)NCCOCCOCCNC(C)=O)ccc3C(=O)O)c2cc1C.CCS(=S)CO[C@H]1C[C@H](n2cc(C#CCNC(=O)OCCCCOCSSC(C)(C)CCOC)c(=O)[nH]c2=O)O[C@@H]1COP(=O)(O)OP(=O)(O)OP(=O)(O)O.[HH]. The first kappa shape index (κ1) is 85.9. The second-order valence-electron chi connectivity index (χ2n) is 22.6. The molecule has 562 valence electrons. The van der Waals surface area contributed by atoms with E-state index < -0.39 is 81.3 Å². The molecule has 2 aromatic carbocycles. The Hall–Kier alpha value is -5.71. The number of aromatic nitrogens is 2. The molecular formula is C62H91N7O25P3S4+. The van der Waals surface area contributed by atoms with E-state index in [0.717, 1.165) is 63.4 Å². The summed E-state index contributed by atoms with van der Waals surface area (Å²) in [5.74, 6) is 5.34. The Morgan fingerprint density at radius 1 is 0.881 bits per heavy atom. The number of benzene rings is 3. The Morgan fingerprint density at radius 2 is 1.59 bits per heavy atom. The van der Waals surface area contributed by atoms with Gasteiger partial charge in [-0.2, -0.15) is 8.62 Å². The van der Waals surface area contributed by atoms with Crippen molar-refractivity contribution in [1.82, 2.24) is 25.5 Å². The number of hydrogen-bond acceptors (Lipinski definition) is 24. The van der Waals surface area contributed by atoms with Gasteiger partial charge < -0.3 is 83.5 Å². The lowest BCUT2D eigenvalue weighted by Crippen LogP contribution is -2.76. The average molecular weight is 1560 g/mol. The molecule has 1 saturated heterocycles. The van der Waals surface area contributed by atoms with Crippen LogP contribution in [0.3, 0.4) is 0 Å². The van der Waals surface area contributed by atoms with Crippen molar-refractivity contribution in [2.24, 2.45) is 0 Å². The van der Waals surface area contributed by atoms with E-state index in [1.165, 1.54) is 19.1 Å². The molecule has 3 unspecified atom stereocenters. The third kappa shape index (κ3) is 29.8. The molecule has 32 nitrogen and oxygen atoms in total. The smallest absolute Gasteiger partial charge is 0.478 e. The van der Waals surface area contributed by atoms with Gasteiger partial charge in [0, 0.05) is 105 Å². The highest BCUT2D eigenvalue weighted by molar-refractivity contribution is 8.77. The van der Waals surface area contributed by atoms with Crippen molar-refractivity contribution in [2.45, 2.75) is 104 Å². The molecule has 0 bridgehead atoms. The lowest BCUT2D eigenvalue weighted by molar-refractivity contribution is -0.496. The zero-order chi connectivity index (χ0) is 74.5. The maximum Gasteiger partial charge on any atom is 0.490 e. The summed E-state index contributed by atoms with van der Waals surface area (Å²) in [6.45, 7) is 19.4. The molecule has 1 aromatic heterocycles. The van der Waals surface area contributed by atoms with Crippen LogP contribution >= 0.6 is 45.1 Å². The van der Waals surface area contributed by atoms with Gasteiger partial charge in [0.15, 0.2) is 0 Å². The van der Waals surface area contributed by atoms with E-state index >= 15 is 0 Å². The topological polar surface area (TPSA) is 443 Å². The quantitative estimate of drug-likeness (QED) is 0.00556. The number of phosphoric acid groups is 3. The monoisotopic (exact) mass is 1550 g/mol. The summed E-state index contributed by atoms with van der Waals surface area (Å²) < 4.78 is 92.9. The van der Waals surface area contributed by atoms with Crippen LogP contribution in [0.4, 0.5) is 10.5 Å². The minimum Gasteiger partial charge on any atom is -0.478 e. The highest BCUT2D eigenvalue weighted by Crippen LogP contribution is 2.66. The number of nitrogens with zero attached hydrogens (tertiary/aromatic N) is 1. The van der Waals surface area contributed by atoms with Crippen molar-refractivity contribution in [2.75, 3.05) is 116 Å². The largest absolute Gasteiger partial charge is 0.490 e. The number of ether oxygens (including phenoxy) is 7. The molecule has 3 aliphatic rings. The number of aryl methyl sites for hydroxylation is 2. The van der Waals surface area contributed by atoms with Crippen LogP contribution in [0.15, 0.2) is 62.7 Å². The minimum atomic E-state index is -5.77. The summed E-state index contributed by atoms with van der Waals surface area (Å²) in [5.41, 5.74) is 3.81. The van der Waals surface area contributed by atoms with Gasteiger partial charge in [0.05, 0.1) is 69.9 Å². The standard InChI is InChI=1S/C35H42N4O7.C27H46N3O18P3S4.H2/c1-6-36-29-19-31-27(16-21(29)3)33(28-17-22(4)30(37-7-2)20-32(28)46-31)26-18-24(8-9-25(26)35(42)43)34(41)39-11-13-45-15-14-44-12-10-38-23(5)40;1-5-55(52)19-44-21-15-23(46-22(21)17-45-50(37,38)48-51(39,40)47-49(34,35)36)30-16-20(24(31)29-25(30)32)9-8-11-28-26(33)43-13-7-6-12-42-18-53-54-27(2,3)10-14-41-4;/h8-9,16-20,36H,6-7,10-15H2,1-5H3,(H,38,40)(H,39,41)(H,42,43);16,21-23H,5-7,10-15,17-19H2,1-4H3,(H,28,33)(H,37,38)(H,39,40)(H,29,31,32)(H2,34,35,36);1H/p+1/t;21-,22+,23+,55?;/m.0./s1. The third-order valence-electron chi connectivity index (χ3n) is 14.2. The van der Waals surface area contributed by atoms with E-state index in [9.17, 15) is 57.4 Å². The summed E-state index contributed by atoms with van der Waals surface area (Å²) in [7, 11) is -12.5. The second-order valence-corrected chi connectivity index (χ2v) is 33.1. The van der Waals surface area contributed by atoms with Crippen molar-refractivity contribution >= 4 is 106 Å². The number of rotatable bonds is 40. The van der Waals surface area contributed by atoms with Gasteiger partial charge in [-0.3, -0.25) is 28.5 Å². The van der Waals surface area contributed by atoms with Gasteiger partial charge in [0.1, 0.15) is 41.7 Å². The molecule has 6 rings (SSSR count). The van der Waals surface area contributed by atoms with Gasteiger partial charge in [0.25, 0.3) is 11.5 Å². The first-order valence-corrected chi connectivity index (χ1v) is 41.0. The van der Waals surface area contributed by atoms with Crippen LogP contribution in [0.25, 0.3) is 33.4 Å². The lowest BCUT2D eigenvalue weighted by atomic mass is 9.88. The predicted octanol–water partition coefficient (Wildman–Crippen LogP) is 5.74. The molecule has 1 fully saturated rings. The number of phosphoric ester groups is 1. The van der Waals surface area contributed by atoms with Crippen LogP contribution in [-0.4, -0.2) is 185 Å². The number of carboxylic acids is 1. The van der Waals surface area contributed by atoms with Gasteiger partial charge >= 0.3 is 41.2 Å². The van der Waals surface area contributed by atoms with Gasteiger partial charge in [-0.05, 0) is 119 Å². The fourth-order valence-electron chi connectivity index (χ4n) is 9.44. The Balaban J connectivity index is 0.000000434. The summed E-state index contributed by atoms with van der Waals surface area (Å²) in [4.78, 5) is 116. The number of nitrogens with one attached hydrogen (secondary N) is 6. The van der Waals surface area contributed by atoms with Crippen molar-refractivity contribution in [3.05, 3.63) is 103 Å². The number of fused-ring (bicyclic) bond motifs is 2. The summed E-state index contributed by atoms with van der Waals surface area (Å²) >= 11 is 5.28. The average Bonchev–Trinajstić information content (AvgIpc) is 0.834. The molecule has 11 N–H and O–H groups in total. The zero-order valence-corrected chi connectivity index (χ0v) is 63.3. The maximum atomic E-state index is 13.2. The van der Waals surface area contributed by atoms with Gasteiger partial charge in [-0.15, -0.1) is 0 Å². The van der Waals surface area contributed by atoms with E-state index in [2.05, 4.69) is 65.6 Å². The number of methoxy groups -OCH3 is 1. The van der Waals surface area contributed by atoms with E-state index in [-0.39, 0.29) is 67.8 Å². The molecule has 2 aliphatic heterocycles. The summed E-state index contributed by atoms with van der Waals surface area (Å²) in [5, 5.41) is 23.2. The van der Waals surface area contributed by atoms with E-state index in [1.54, 1.807) is 34.8 Å². The van der Waals surface area contributed by atoms with Crippen LogP contribution < -0.4 is 42.9 Å². The Morgan fingerprint density at radius 3 is 2.26 bits per heavy atom. The minimum absolute atomic E-state index is 0. The van der Waals surface area contributed by atoms with Crippen molar-refractivity contribution in [3.63, 3.8) is 0 Å². The highest BCUT2D eigenvalue weighted by Gasteiger charge is 2.44. The van der Waals surface area contributed by atoms with Gasteiger partial charge in [-0.25, -0.2) is 33.1 Å². The molecule has 0 radical (unpaired) electrons. The van der Waals surface area contributed by atoms with Gasteiger partial charge in [-0.1, -0.05) is 49.8 Å². The van der Waals surface area contributed by atoms with E-state index in [0.29, 0.717) is 92.1 Å². The fraction of sp³-hybridized carbons (Fsp3) is 0.532. The predicted molar refractivity (Wildman–Crippen MR) is 385 cm³/mol. The molecule has 3 amide bonds. The van der Waals surface area contributed by atoms with Crippen LogP contribution in [-0.2, 0) is 85.4 Å². The summed E-state index contributed by atoms with van der Waals surface area (Å²) in [6.07, 6.45) is -0.850. The molecule has 0 spiro atoms. The highest BCUT2D eigenvalue weighted by atomic mass is 33.1. The molecule has 0 saturated carbocycles. The second kappa shape index (κ2) is 42.3. The number of carbonyl (C=O) groups excluding carboxylic acids is 3. The fourth-order valence-corrected chi connectivity index (χ4v) is 15.4. The third-order valence-corrected chi connectivity index (χ3v) is 23.1. The van der Waals surface area contributed by atoms with Gasteiger partial charge in [0.2, 0.25) is 11.3 Å². The molecule has 101 heavy (non-hydrogen) atoms. The number of carboxylic acid groups (broad SMARTS) is 1. The van der Waals surface area contributed by atoms with Crippen molar-refractivity contribution < 1.29 is 115 Å². The molecule has 6 atom stereocenters. The van der Waals surface area contributed by atoms with Crippen LogP contribution in [0.5, 0.6) is 0 Å². The first-order chi connectivity index (χ1) is 47.8. The van der Waals surface area contributed by atoms with Crippen LogP contribution in [0, 0.1) is 25.7 Å². The number of hydrogen-bond donors (Lipinski definition) is 11. The number of aromatic carboxylic acids is 1. The van der Waals surface area contributed by atoms with Crippen LogP contribution in [0.1, 0.15) is 112 Å². The Labute approximate surface area is 600 Å². The van der Waals surface area contributed by atoms with Crippen molar-refractivity contribution in [1.29, 1.82) is 0 Å². The zero-order valence-electron chi connectivity index (χ0n) is 57.3. The Kier molecular flexibility index (Phi) is 36.0. The summed E-state index contributed by atoms with van der Waals surface area (Å²) in [6, 6.07) is 12.5. The molecule has 3 heterocycles. The van der Waals surface area contributed by atoms with E-state index in [4.69, 9.17) is 63.1 Å². The molecule has 39 heteroatoms. The van der Waals surface area contributed by atoms with Crippen molar-refractivity contribution in [3.8, 4) is 34.3 Å². The number of amides is 3. The molecule has 3 aromatic rings. The lowest BCUT2D eigenvalue weighted by Gasteiger charge is -2.22. The number of carbonyl (C=O) groups is 4. The number of alkyl carbamates (subject to hydrolysis) is 1. The van der Waals surface area contributed by atoms with Crippen LogP contribution in [0.2, 0.25) is 0 Å². The maximum absolute atomic E-state index is 13.2. The molecule has 1 aliphatic carbocycles. The number of unbranched alkanes of at least 4 members (excludes halogenated alkanes) is 1. The Bertz CT molecular complexity index is 4040. The number of H-pyrrole nitrogens is 1. The normalized spacial score (nSPS) is 16.3. The number of anilines is 1. The number of aromatic amines is 1.